The van der Waals surface area contributed by atoms with Gasteiger partial charge in [-0.1, -0.05) is 18.2 Å². The number of H-pyrrole nitrogens is 1. The molecule has 2 aromatic carbocycles. The lowest BCUT2D eigenvalue weighted by Gasteiger charge is -2.42. The van der Waals surface area contributed by atoms with Crippen LogP contribution in [0.15, 0.2) is 42.5 Å². The topological polar surface area (TPSA) is 48.1 Å². The normalized spacial score (nSPS) is 25.2. The van der Waals surface area contributed by atoms with Gasteiger partial charge in [0.15, 0.2) is 5.54 Å². The van der Waals surface area contributed by atoms with E-state index < -0.39 is 5.54 Å². The van der Waals surface area contributed by atoms with Gasteiger partial charge >= 0.3 is 0 Å². The number of para-hydroxylation sites is 1. The average Bonchev–Trinajstić information content (AvgIpc) is 3.09. The number of hydrogen-bond donors (Lipinski definition) is 2. The van der Waals surface area contributed by atoms with Crippen LogP contribution in [-0.2, 0) is 16.8 Å². The zero-order chi connectivity index (χ0) is 17.3. The number of carbonyl (C=O) groups is 1. The van der Waals surface area contributed by atoms with Crippen LogP contribution in [0, 0.1) is 5.82 Å². The van der Waals surface area contributed by atoms with Crippen LogP contribution in [0.25, 0.3) is 10.9 Å². The summed E-state index contributed by atoms with van der Waals surface area (Å²) in [6.45, 7) is 1.98. The maximum absolute atomic E-state index is 13.8. The van der Waals surface area contributed by atoms with Gasteiger partial charge in [-0.3, -0.25) is 4.79 Å². The highest BCUT2D eigenvalue weighted by atomic mass is 35.5. The number of hydrogen-bond acceptors (Lipinski definition) is 2. The number of nitrogens with one attached hydrogen (secondary N) is 2. The molecule has 0 aliphatic carbocycles. The summed E-state index contributed by atoms with van der Waals surface area (Å²) in [5.74, 6) is -0.482. The molecule has 126 valence electrons. The molecule has 4 nitrogen and oxygen atoms in total. The summed E-state index contributed by atoms with van der Waals surface area (Å²) in [4.78, 5) is 16.5. The van der Waals surface area contributed by atoms with Crippen molar-refractivity contribution in [2.24, 2.45) is 0 Å². The molecule has 2 atom stereocenters. The van der Waals surface area contributed by atoms with Crippen molar-refractivity contribution in [3.8, 4) is 0 Å². The highest BCUT2D eigenvalue weighted by Gasteiger charge is 2.58. The highest BCUT2D eigenvalue weighted by molar-refractivity contribution is 6.20. The molecule has 2 aliphatic rings. The molecule has 2 unspecified atom stereocenters. The van der Waals surface area contributed by atoms with Crippen molar-refractivity contribution < 1.29 is 9.18 Å². The van der Waals surface area contributed by atoms with Gasteiger partial charge in [0.05, 0.1) is 5.69 Å². The fraction of sp³-hybridized carbons (Fsp3) is 0.211. The van der Waals surface area contributed by atoms with Crippen LogP contribution in [0.5, 0.6) is 0 Å². The van der Waals surface area contributed by atoms with Gasteiger partial charge in [0.1, 0.15) is 5.82 Å². The van der Waals surface area contributed by atoms with Crippen molar-refractivity contribution in [1.29, 1.82) is 0 Å². The number of fused-ring (bicyclic) bond motifs is 6. The van der Waals surface area contributed by atoms with Crippen LogP contribution in [0.2, 0.25) is 0 Å². The highest BCUT2D eigenvalue weighted by Crippen LogP contribution is 2.51. The lowest BCUT2D eigenvalue weighted by atomic mass is 9.80. The number of aromatic nitrogens is 1. The largest absolute Gasteiger partial charge is 0.356 e. The summed E-state index contributed by atoms with van der Waals surface area (Å²) < 4.78 is 15.4. The predicted molar refractivity (Wildman–Crippen MR) is 95.0 cm³/mol. The maximum atomic E-state index is 13.8. The van der Waals surface area contributed by atoms with Crippen molar-refractivity contribution >= 4 is 34.3 Å². The monoisotopic (exact) mass is 355 g/mol. The predicted octanol–water partition coefficient (Wildman–Crippen LogP) is 3.90. The van der Waals surface area contributed by atoms with Gasteiger partial charge < -0.3 is 10.3 Å². The maximum Gasteiger partial charge on any atom is 0.257 e. The van der Waals surface area contributed by atoms with Gasteiger partial charge in [0, 0.05) is 28.2 Å². The second kappa shape index (κ2) is 4.84. The molecule has 25 heavy (non-hydrogen) atoms. The molecule has 2 N–H and O–H groups in total. The van der Waals surface area contributed by atoms with E-state index in [1.54, 1.807) is 10.5 Å². The van der Waals surface area contributed by atoms with E-state index in [2.05, 4.69) is 10.3 Å². The Morgan fingerprint density at radius 2 is 2.08 bits per heavy atom. The van der Waals surface area contributed by atoms with E-state index in [1.807, 2.05) is 31.2 Å². The number of nitrogens with zero attached hydrogens (tertiary/aromatic N) is 1. The first-order valence-electron chi connectivity index (χ1n) is 8.20. The van der Waals surface area contributed by atoms with Gasteiger partial charge in [-0.25, -0.2) is 4.39 Å². The summed E-state index contributed by atoms with van der Waals surface area (Å²) >= 11 is 6.72. The van der Waals surface area contributed by atoms with Crippen LogP contribution >= 0.6 is 11.8 Å². The van der Waals surface area contributed by atoms with E-state index in [-0.39, 0.29) is 17.8 Å². The zero-order valence-electron chi connectivity index (χ0n) is 13.4. The van der Waals surface area contributed by atoms with Crippen LogP contribution in [-0.4, -0.2) is 21.4 Å². The lowest BCUT2D eigenvalue weighted by Crippen LogP contribution is -2.54. The summed E-state index contributed by atoms with van der Waals surface area (Å²) in [5.41, 5.74) is 2.91. The number of rotatable bonds is 0. The first kappa shape index (κ1) is 14.9. The molecule has 5 rings (SSSR count). The van der Waals surface area contributed by atoms with Crippen LogP contribution in [0.1, 0.15) is 23.7 Å². The van der Waals surface area contributed by atoms with Crippen LogP contribution in [0.4, 0.5) is 10.1 Å². The summed E-state index contributed by atoms with van der Waals surface area (Å²) in [6, 6.07) is 12.1. The molecular formula is C19H15ClFN3O. The van der Waals surface area contributed by atoms with E-state index in [9.17, 15) is 9.18 Å². The third kappa shape index (κ3) is 1.72. The van der Waals surface area contributed by atoms with E-state index >= 15 is 0 Å². The first-order chi connectivity index (χ1) is 12.0. The Morgan fingerprint density at radius 3 is 2.92 bits per heavy atom. The van der Waals surface area contributed by atoms with E-state index in [0.717, 1.165) is 33.4 Å². The second-order valence-electron chi connectivity index (χ2n) is 6.74. The average molecular weight is 356 g/mol. The van der Waals surface area contributed by atoms with Crippen molar-refractivity contribution in [3.05, 3.63) is 65.1 Å². The molecule has 0 bridgehead atoms. The zero-order valence-corrected chi connectivity index (χ0v) is 14.2. The van der Waals surface area contributed by atoms with Gasteiger partial charge in [0.2, 0.25) is 0 Å². The quantitative estimate of drug-likeness (QED) is 0.601. The lowest BCUT2D eigenvalue weighted by molar-refractivity contribution is -0.124. The molecule has 6 heteroatoms. The van der Waals surface area contributed by atoms with E-state index in [1.165, 1.54) is 12.1 Å². The number of anilines is 1. The number of benzene rings is 2. The summed E-state index contributed by atoms with van der Waals surface area (Å²) in [7, 11) is 0. The summed E-state index contributed by atoms with van der Waals surface area (Å²) in [5, 5.41) is 3.75. The molecule has 0 radical (unpaired) electrons. The fourth-order valence-electron chi connectivity index (χ4n) is 4.26. The van der Waals surface area contributed by atoms with Crippen molar-refractivity contribution in [1.82, 2.24) is 9.40 Å². The standard InChI is InChI=1S/C19H15ClFN3O/c1-10-8-13-12-9-11(21)6-7-15(12)22-17(13)19(24(10)20)14-4-2-3-5-16(14)23-18(19)25/h2-7,9-10,22H,8H2,1H3,(H,23,25). The second-order valence-corrected chi connectivity index (χ2v) is 7.11. The minimum atomic E-state index is -1.14. The van der Waals surface area contributed by atoms with Gasteiger partial charge in [0.25, 0.3) is 5.91 Å². The summed E-state index contributed by atoms with van der Waals surface area (Å²) in [6.07, 6.45) is 0.638. The number of amides is 1. The van der Waals surface area contributed by atoms with Crippen molar-refractivity contribution in [2.75, 3.05) is 5.32 Å². The molecule has 0 fully saturated rings. The number of carbonyl (C=O) groups excluding carboxylic acids is 1. The smallest absolute Gasteiger partial charge is 0.257 e. The molecule has 1 amide bonds. The molecule has 2 aliphatic heterocycles. The Hall–Kier alpha value is -2.37. The van der Waals surface area contributed by atoms with Crippen LogP contribution < -0.4 is 5.32 Å². The molecular weight excluding hydrogens is 341 g/mol. The van der Waals surface area contributed by atoms with Gasteiger partial charge in [-0.05, 0) is 55.0 Å². The Morgan fingerprint density at radius 1 is 1.28 bits per heavy atom. The molecule has 3 aromatic rings. The fourth-order valence-corrected chi connectivity index (χ4v) is 4.58. The molecule has 1 spiro atoms. The molecule has 1 aromatic heterocycles. The van der Waals surface area contributed by atoms with E-state index in [0.29, 0.717) is 6.42 Å². The molecule has 0 saturated carbocycles. The third-order valence-electron chi connectivity index (χ3n) is 5.33. The Balaban J connectivity index is 1.91. The number of aromatic amines is 1. The van der Waals surface area contributed by atoms with Gasteiger partial charge in [-0.15, -0.1) is 0 Å². The van der Waals surface area contributed by atoms with Crippen molar-refractivity contribution in [2.45, 2.75) is 24.9 Å². The van der Waals surface area contributed by atoms with Crippen LogP contribution in [0.3, 0.4) is 0 Å². The minimum Gasteiger partial charge on any atom is -0.356 e. The molecule has 3 heterocycles. The minimum absolute atomic E-state index is 0.0895. The Kier molecular flexibility index (Phi) is 2.89. The first-order valence-corrected chi connectivity index (χ1v) is 8.54. The van der Waals surface area contributed by atoms with Gasteiger partial charge in [-0.2, -0.15) is 4.42 Å². The SMILES string of the molecule is CC1Cc2c([nH]c3ccc(F)cc23)C2(C(=O)Nc3ccccc32)N1Cl. The van der Waals surface area contributed by atoms with E-state index in [4.69, 9.17) is 11.8 Å². The van der Waals surface area contributed by atoms with Crippen molar-refractivity contribution in [3.63, 3.8) is 0 Å². The molecule has 0 saturated heterocycles. The third-order valence-corrected chi connectivity index (χ3v) is 5.92. The Labute approximate surface area is 148 Å². The Bertz CT molecular complexity index is 1050. The number of halogens is 2.